The highest BCUT2D eigenvalue weighted by molar-refractivity contribution is 6.43. The second-order valence-corrected chi connectivity index (χ2v) is 7.82. The molecule has 0 spiro atoms. The smallest absolute Gasteiger partial charge is 0.329 e. The predicted octanol–water partition coefficient (Wildman–Crippen LogP) is 2.52. The van der Waals surface area contributed by atoms with Gasteiger partial charge in [0.1, 0.15) is 5.76 Å². The van der Waals surface area contributed by atoms with Crippen molar-refractivity contribution in [3.05, 3.63) is 70.3 Å². The van der Waals surface area contributed by atoms with Crippen LogP contribution < -0.4 is 4.90 Å². The number of allylic oxidation sites excluding steroid dienone is 1. The molecule has 1 fully saturated rings. The lowest BCUT2D eigenvalue weighted by molar-refractivity contribution is -0.141. The summed E-state index contributed by atoms with van der Waals surface area (Å²) in [6.07, 6.45) is 0. The van der Waals surface area contributed by atoms with Crippen LogP contribution in [0.5, 0.6) is 0 Å². The lowest BCUT2D eigenvalue weighted by atomic mass is 9.85. The number of aliphatic hydroxyl groups is 1. The number of Topliss-reactive ketones (excluding diaryl/α,β-unsaturated/α-hetero) is 1. The number of anilines is 1. The number of hydrogen-bond donors (Lipinski definition) is 2. The summed E-state index contributed by atoms with van der Waals surface area (Å²) < 4.78 is 0. The molecule has 1 aliphatic carbocycles. The fraction of sp³-hybridized carbons (Fsp3) is 0.136. The number of carbonyl (C=O) groups excluding carboxylic acids is 3. The Labute approximate surface area is 180 Å². The number of halogens is 1. The molecule has 2 N–H and O–H groups in total. The number of imide groups is 1. The standard InChI is InChI=1S/C22H13ClN2O6/c23-9-5-7-10(8-6-9)25-20(28)13-14(21(25)29)17(22(30)31)24-16(13)15-18(26)11-3-1-2-4-12(11)19(15)27/h1-8,13-14,17,26H,(H,30,31)/t13-,14+,17-/m0/s1. The zero-order valence-electron chi connectivity index (χ0n) is 15.7. The maximum absolute atomic E-state index is 13.3. The van der Waals surface area contributed by atoms with E-state index in [0.29, 0.717) is 5.02 Å². The van der Waals surface area contributed by atoms with Crippen molar-refractivity contribution in [2.75, 3.05) is 4.90 Å². The number of hydrogen-bond acceptors (Lipinski definition) is 6. The van der Waals surface area contributed by atoms with Gasteiger partial charge in [-0.15, -0.1) is 0 Å². The van der Waals surface area contributed by atoms with E-state index in [0.717, 1.165) is 4.90 Å². The molecule has 2 aromatic carbocycles. The molecule has 2 heterocycles. The van der Waals surface area contributed by atoms with E-state index >= 15 is 0 Å². The lowest BCUT2D eigenvalue weighted by Crippen LogP contribution is -2.35. The number of carboxylic acids is 1. The van der Waals surface area contributed by atoms with Crippen molar-refractivity contribution in [2.45, 2.75) is 6.04 Å². The Bertz CT molecular complexity index is 1260. The summed E-state index contributed by atoms with van der Waals surface area (Å²) in [5.74, 6) is -6.38. The summed E-state index contributed by atoms with van der Waals surface area (Å²) in [5, 5.41) is 20.7. The van der Waals surface area contributed by atoms with Crippen LogP contribution in [-0.2, 0) is 14.4 Å². The van der Waals surface area contributed by atoms with Crippen LogP contribution in [0.15, 0.2) is 59.1 Å². The first-order chi connectivity index (χ1) is 14.8. The van der Waals surface area contributed by atoms with Gasteiger partial charge in [0.25, 0.3) is 0 Å². The van der Waals surface area contributed by atoms with Crippen LogP contribution >= 0.6 is 11.6 Å². The van der Waals surface area contributed by atoms with Crippen molar-refractivity contribution in [3.63, 3.8) is 0 Å². The molecule has 0 aromatic heterocycles. The average molecular weight is 437 g/mol. The van der Waals surface area contributed by atoms with Crippen molar-refractivity contribution in [2.24, 2.45) is 16.8 Å². The Balaban J connectivity index is 1.63. The van der Waals surface area contributed by atoms with E-state index in [1.54, 1.807) is 18.2 Å². The van der Waals surface area contributed by atoms with Crippen LogP contribution in [0.1, 0.15) is 15.9 Å². The Morgan fingerprint density at radius 3 is 2.23 bits per heavy atom. The molecule has 2 aromatic rings. The minimum atomic E-state index is -1.55. The molecular weight excluding hydrogens is 424 g/mol. The Morgan fingerprint density at radius 2 is 1.61 bits per heavy atom. The summed E-state index contributed by atoms with van der Waals surface area (Å²) in [6, 6.07) is 10.7. The van der Waals surface area contributed by atoms with Gasteiger partial charge in [-0.05, 0) is 24.3 Å². The molecule has 0 radical (unpaired) electrons. The van der Waals surface area contributed by atoms with E-state index in [2.05, 4.69) is 4.99 Å². The number of aliphatic carboxylic acids is 1. The van der Waals surface area contributed by atoms with Gasteiger partial charge in [-0.25, -0.2) is 9.69 Å². The number of benzene rings is 2. The van der Waals surface area contributed by atoms with Crippen LogP contribution in [-0.4, -0.2) is 45.5 Å². The monoisotopic (exact) mass is 436 g/mol. The van der Waals surface area contributed by atoms with Crippen LogP contribution in [0, 0.1) is 11.8 Å². The molecule has 0 unspecified atom stereocenters. The lowest BCUT2D eigenvalue weighted by Gasteiger charge is -2.17. The zero-order valence-corrected chi connectivity index (χ0v) is 16.4. The first-order valence-corrected chi connectivity index (χ1v) is 9.70. The van der Waals surface area contributed by atoms with E-state index in [9.17, 15) is 29.4 Å². The molecule has 1 saturated heterocycles. The van der Waals surface area contributed by atoms with Crippen LogP contribution in [0.4, 0.5) is 5.69 Å². The summed E-state index contributed by atoms with van der Waals surface area (Å²) >= 11 is 5.88. The highest BCUT2D eigenvalue weighted by atomic mass is 35.5. The summed E-state index contributed by atoms with van der Waals surface area (Å²) in [4.78, 5) is 56.2. The molecule has 5 rings (SSSR count). The third-order valence-corrected chi connectivity index (χ3v) is 6.00. The number of nitrogens with zero attached hydrogens (tertiary/aromatic N) is 2. The van der Waals surface area contributed by atoms with Crippen LogP contribution in [0.3, 0.4) is 0 Å². The molecule has 3 atom stereocenters. The third-order valence-electron chi connectivity index (χ3n) is 5.75. The van der Waals surface area contributed by atoms with Gasteiger partial charge in [0.2, 0.25) is 11.8 Å². The third kappa shape index (κ3) is 2.58. The molecule has 0 bridgehead atoms. The van der Waals surface area contributed by atoms with Gasteiger partial charge in [-0.1, -0.05) is 35.9 Å². The molecule has 31 heavy (non-hydrogen) atoms. The first kappa shape index (κ1) is 19.2. The number of fused-ring (bicyclic) bond motifs is 2. The predicted molar refractivity (Wildman–Crippen MR) is 110 cm³/mol. The molecule has 2 amide bonds. The van der Waals surface area contributed by atoms with E-state index in [1.165, 1.54) is 30.3 Å². The fourth-order valence-electron chi connectivity index (χ4n) is 4.38. The SMILES string of the molecule is O=C1C(C2=N[C@H](C(=O)O)[C@@H]3C(=O)N(c4ccc(Cl)cc4)C(=O)[C@H]23)=C(O)c2ccccc21. The summed E-state index contributed by atoms with van der Waals surface area (Å²) in [5.41, 5.74) is 0.313. The van der Waals surface area contributed by atoms with Gasteiger partial charge in [-0.3, -0.25) is 19.4 Å². The minimum Gasteiger partial charge on any atom is -0.506 e. The number of aliphatic hydroxyl groups excluding tert-OH is 1. The van der Waals surface area contributed by atoms with Crippen molar-refractivity contribution in [3.8, 4) is 0 Å². The number of carbonyl (C=O) groups is 4. The second kappa shape index (κ2) is 6.61. The Hall–Kier alpha value is -3.78. The van der Waals surface area contributed by atoms with Gasteiger partial charge in [0.15, 0.2) is 11.8 Å². The van der Waals surface area contributed by atoms with Gasteiger partial charge < -0.3 is 10.2 Å². The number of aliphatic imine (C=N–C) groups is 1. The second-order valence-electron chi connectivity index (χ2n) is 7.39. The number of ketones is 1. The van der Waals surface area contributed by atoms with E-state index < -0.39 is 41.4 Å². The fourth-order valence-corrected chi connectivity index (χ4v) is 4.51. The van der Waals surface area contributed by atoms with E-state index in [-0.39, 0.29) is 33.9 Å². The molecule has 9 heteroatoms. The van der Waals surface area contributed by atoms with E-state index in [1.807, 2.05) is 0 Å². The molecule has 3 aliphatic rings. The van der Waals surface area contributed by atoms with Crippen molar-refractivity contribution in [1.82, 2.24) is 0 Å². The van der Waals surface area contributed by atoms with Gasteiger partial charge in [0, 0.05) is 16.1 Å². The topological polar surface area (TPSA) is 124 Å². The highest BCUT2D eigenvalue weighted by Crippen LogP contribution is 2.44. The summed E-state index contributed by atoms with van der Waals surface area (Å²) in [6.45, 7) is 0. The van der Waals surface area contributed by atoms with Gasteiger partial charge in [0.05, 0.1) is 28.8 Å². The molecule has 2 aliphatic heterocycles. The van der Waals surface area contributed by atoms with Crippen molar-refractivity contribution in [1.29, 1.82) is 0 Å². The maximum atomic E-state index is 13.3. The average Bonchev–Trinajstić information content (AvgIpc) is 3.34. The van der Waals surface area contributed by atoms with Gasteiger partial charge in [-0.2, -0.15) is 0 Å². The Morgan fingerprint density at radius 1 is 0.968 bits per heavy atom. The number of rotatable bonds is 3. The van der Waals surface area contributed by atoms with Crippen LogP contribution in [0.25, 0.3) is 5.76 Å². The number of carboxylic acid groups (broad SMARTS) is 1. The largest absolute Gasteiger partial charge is 0.506 e. The minimum absolute atomic E-state index is 0.175. The molecule has 154 valence electrons. The molecular formula is C22H13ClN2O6. The quantitative estimate of drug-likeness (QED) is 0.712. The van der Waals surface area contributed by atoms with Crippen molar-refractivity contribution >= 4 is 52.3 Å². The van der Waals surface area contributed by atoms with Crippen molar-refractivity contribution < 1.29 is 29.4 Å². The maximum Gasteiger partial charge on any atom is 0.329 e. The normalized spacial score (nSPS) is 24.5. The Kier molecular flexibility index (Phi) is 4.10. The highest BCUT2D eigenvalue weighted by Gasteiger charge is 2.60. The number of amides is 2. The molecule has 0 saturated carbocycles. The summed E-state index contributed by atoms with van der Waals surface area (Å²) in [7, 11) is 0. The van der Waals surface area contributed by atoms with Gasteiger partial charge >= 0.3 is 5.97 Å². The zero-order chi connectivity index (χ0) is 22.0. The van der Waals surface area contributed by atoms with Crippen LogP contribution in [0.2, 0.25) is 5.02 Å². The van der Waals surface area contributed by atoms with E-state index in [4.69, 9.17) is 11.6 Å². The molecule has 8 nitrogen and oxygen atoms in total. The first-order valence-electron chi connectivity index (χ1n) is 9.33.